The van der Waals surface area contributed by atoms with Gasteiger partial charge in [-0.1, -0.05) is 30.3 Å². The summed E-state index contributed by atoms with van der Waals surface area (Å²) in [4.78, 5) is 12.6. The second-order valence-corrected chi connectivity index (χ2v) is 6.49. The van der Waals surface area contributed by atoms with Crippen LogP contribution in [0.5, 0.6) is 17.2 Å². The molecule has 0 bridgehead atoms. The molecule has 0 saturated carbocycles. The number of fused-ring (bicyclic) bond motifs is 2. The van der Waals surface area contributed by atoms with Gasteiger partial charge >= 0.3 is 0 Å². The van der Waals surface area contributed by atoms with Gasteiger partial charge in [0.1, 0.15) is 19.0 Å². The van der Waals surface area contributed by atoms with Crippen LogP contribution in [0, 0.1) is 5.92 Å². The number of rotatable bonds is 3. The Kier molecular flexibility index (Phi) is 4.22. The normalized spacial score (nSPS) is 21.2. The fraction of sp³-hybridized carbons (Fsp3) is 0.350. The average molecular weight is 339 g/mol. The zero-order valence-electron chi connectivity index (χ0n) is 14.2. The molecule has 2 aromatic rings. The molecular weight excluding hydrogens is 318 g/mol. The molecule has 0 radical (unpaired) electrons. The number of methoxy groups -OCH3 is 1. The number of amides is 1. The van der Waals surface area contributed by atoms with Crippen LogP contribution in [0.3, 0.4) is 0 Å². The van der Waals surface area contributed by atoms with E-state index in [4.69, 9.17) is 14.2 Å². The van der Waals surface area contributed by atoms with E-state index in [1.54, 1.807) is 7.11 Å². The number of carbonyl (C=O) groups excluding carboxylic acids is 1. The molecule has 130 valence electrons. The number of nitrogens with one attached hydrogen (secondary N) is 1. The highest BCUT2D eigenvalue weighted by molar-refractivity contribution is 5.80. The maximum atomic E-state index is 12.6. The fourth-order valence-electron chi connectivity index (χ4n) is 3.46. The zero-order chi connectivity index (χ0) is 17.2. The fourth-order valence-corrected chi connectivity index (χ4v) is 3.46. The largest absolute Gasteiger partial charge is 0.493 e. The first-order valence-electron chi connectivity index (χ1n) is 8.54. The van der Waals surface area contributed by atoms with E-state index in [9.17, 15) is 4.79 Å². The van der Waals surface area contributed by atoms with E-state index < -0.39 is 0 Å². The molecule has 2 unspecified atom stereocenters. The first-order valence-corrected chi connectivity index (χ1v) is 8.54. The van der Waals surface area contributed by atoms with Crippen molar-refractivity contribution < 1.29 is 19.0 Å². The summed E-state index contributed by atoms with van der Waals surface area (Å²) in [6, 6.07) is 13.7. The lowest BCUT2D eigenvalue weighted by Crippen LogP contribution is -2.47. The lowest BCUT2D eigenvalue weighted by Gasteiger charge is -2.30. The summed E-state index contributed by atoms with van der Waals surface area (Å²) in [7, 11) is 1.63. The van der Waals surface area contributed by atoms with E-state index in [0.29, 0.717) is 19.6 Å². The number of hydrogen-bond donors (Lipinski definition) is 1. The van der Waals surface area contributed by atoms with Crippen LogP contribution < -0.4 is 19.5 Å². The Bertz CT molecular complexity index is 789. The van der Waals surface area contributed by atoms with Gasteiger partial charge in [-0.15, -0.1) is 0 Å². The zero-order valence-corrected chi connectivity index (χ0v) is 14.2. The van der Waals surface area contributed by atoms with Crippen molar-refractivity contribution in [3.05, 3.63) is 53.6 Å². The number of ether oxygens (including phenoxy) is 3. The lowest BCUT2D eigenvalue weighted by atomic mass is 9.95. The van der Waals surface area contributed by atoms with Crippen molar-refractivity contribution in [3.8, 4) is 17.2 Å². The van der Waals surface area contributed by atoms with E-state index in [1.807, 2.05) is 42.5 Å². The second-order valence-electron chi connectivity index (χ2n) is 6.49. The molecule has 25 heavy (non-hydrogen) atoms. The highest BCUT2D eigenvalue weighted by atomic mass is 16.5. The molecule has 5 nitrogen and oxygen atoms in total. The Morgan fingerprint density at radius 2 is 1.88 bits per heavy atom. The maximum absolute atomic E-state index is 12.6. The van der Waals surface area contributed by atoms with Crippen LogP contribution in [0.2, 0.25) is 0 Å². The van der Waals surface area contributed by atoms with E-state index >= 15 is 0 Å². The van der Waals surface area contributed by atoms with Gasteiger partial charge < -0.3 is 19.5 Å². The van der Waals surface area contributed by atoms with Crippen LogP contribution in [0.4, 0.5) is 0 Å². The van der Waals surface area contributed by atoms with Crippen molar-refractivity contribution in [2.24, 2.45) is 5.92 Å². The van der Waals surface area contributed by atoms with Crippen LogP contribution in [0.25, 0.3) is 0 Å². The van der Waals surface area contributed by atoms with Crippen molar-refractivity contribution in [1.29, 1.82) is 0 Å². The van der Waals surface area contributed by atoms with Crippen molar-refractivity contribution in [1.82, 2.24) is 5.32 Å². The van der Waals surface area contributed by atoms with Crippen LogP contribution >= 0.6 is 0 Å². The van der Waals surface area contributed by atoms with Gasteiger partial charge in [0.05, 0.1) is 19.1 Å². The van der Waals surface area contributed by atoms with Gasteiger partial charge in [-0.3, -0.25) is 4.79 Å². The quantitative estimate of drug-likeness (QED) is 0.933. The van der Waals surface area contributed by atoms with Crippen molar-refractivity contribution in [2.75, 3.05) is 20.3 Å². The van der Waals surface area contributed by atoms with E-state index in [0.717, 1.165) is 34.8 Å². The Hall–Kier alpha value is -2.69. The predicted octanol–water partition coefficient (Wildman–Crippen LogP) is 2.37. The summed E-state index contributed by atoms with van der Waals surface area (Å²) >= 11 is 0. The highest BCUT2D eigenvalue weighted by Gasteiger charge is 2.29. The van der Waals surface area contributed by atoms with Gasteiger partial charge in [0.2, 0.25) is 5.91 Å². The minimum Gasteiger partial charge on any atom is -0.493 e. The molecule has 2 aliphatic rings. The maximum Gasteiger partial charge on any atom is 0.227 e. The molecule has 0 aromatic heterocycles. The van der Waals surface area contributed by atoms with Gasteiger partial charge in [0, 0.05) is 5.56 Å². The van der Waals surface area contributed by atoms with Crippen LogP contribution in [0.1, 0.15) is 11.1 Å². The van der Waals surface area contributed by atoms with E-state index in [-0.39, 0.29) is 17.9 Å². The minimum absolute atomic E-state index is 0.0226. The molecule has 2 atom stereocenters. The van der Waals surface area contributed by atoms with Gasteiger partial charge in [0.25, 0.3) is 0 Å². The Labute approximate surface area is 146 Å². The molecule has 4 rings (SSSR count). The Morgan fingerprint density at radius 1 is 1.04 bits per heavy atom. The summed E-state index contributed by atoms with van der Waals surface area (Å²) in [5.74, 6) is 2.26. The van der Waals surface area contributed by atoms with Crippen LogP contribution in [-0.4, -0.2) is 32.3 Å². The van der Waals surface area contributed by atoms with Crippen LogP contribution in [-0.2, 0) is 17.6 Å². The number of hydrogen-bond acceptors (Lipinski definition) is 4. The molecule has 0 fully saturated rings. The first-order chi connectivity index (χ1) is 12.2. The molecular formula is C20H21NO4. The Balaban J connectivity index is 1.41. The monoisotopic (exact) mass is 339 g/mol. The summed E-state index contributed by atoms with van der Waals surface area (Å²) in [5, 5.41) is 3.11. The third kappa shape index (κ3) is 3.14. The second kappa shape index (κ2) is 6.67. The topological polar surface area (TPSA) is 56.8 Å². The minimum atomic E-state index is -0.165. The Morgan fingerprint density at radius 3 is 2.76 bits per heavy atom. The predicted molar refractivity (Wildman–Crippen MR) is 93.3 cm³/mol. The molecule has 2 heterocycles. The van der Waals surface area contributed by atoms with Gasteiger partial charge in [-0.2, -0.15) is 0 Å². The van der Waals surface area contributed by atoms with Crippen molar-refractivity contribution >= 4 is 5.91 Å². The molecule has 1 amide bonds. The first kappa shape index (κ1) is 15.8. The summed E-state index contributed by atoms with van der Waals surface area (Å²) < 4.78 is 16.9. The SMILES string of the molecule is COc1cccc2c1OCC(NC(=O)C1COc3ccccc3C1)C2. The van der Waals surface area contributed by atoms with Gasteiger partial charge in [-0.25, -0.2) is 0 Å². The van der Waals surface area contributed by atoms with Crippen LogP contribution in [0.15, 0.2) is 42.5 Å². The highest BCUT2D eigenvalue weighted by Crippen LogP contribution is 2.34. The van der Waals surface area contributed by atoms with E-state index in [2.05, 4.69) is 5.32 Å². The van der Waals surface area contributed by atoms with E-state index in [1.165, 1.54) is 0 Å². The molecule has 1 N–H and O–H groups in total. The standard InChI is InChI=1S/C20H21NO4/c1-23-18-8-4-6-14-10-16(12-25-19(14)18)21-20(22)15-9-13-5-2-3-7-17(13)24-11-15/h2-8,15-16H,9-12H2,1H3,(H,21,22). The van der Waals surface area contributed by atoms with Gasteiger partial charge in [0.15, 0.2) is 11.5 Å². The molecule has 2 aliphatic heterocycles. The third-order valence-corrected chi connectivity index (χ3v) is 4.77. The number of carbonyl (C=O) groups is 1. The molecule has 5 heteroatoms. The van der Waals surface area contributed by atoms with Gasteiger partial charge in [-0.05, 0) is 30.5 Å². The smallest absolute Gasteiger partial charge is 0.227 e. The molecule has 0 saturated heterocycles. The number of para-hydroxylation sites is 2. The average Bonchev–Trinajstić information content (AvgIpc) is 2.66. The summed E-state index contributed by atoms with van der Waals surface area (Å²) in [6.45, 7) is 0.865. The summed E-state index contributed by atoms with van der Waals surface area (Å²) in [5.41, 5.74) is 2.14. The lowest BCUT2D eigenvalue weighted by molar-refractivity contribution is -0.127. The summed E-state index contributed by atoms with van der Waals surface area (Å²) in [6.07, 6.45) is 1.45. The number of benzene rings is 2. The van der Waals surface area contributed by atoms with Crippen molar-refractivity contribution in [3.63, 3.8) is 0 Å². The molecule has 2 aromatic carbocycles. The molecule has 0 aliphatic carbocycles. The van der Waals surface area contributed by atoms with Crippen molar-refractivity contribution in [2.45, 2.75) is 18.9 Å². The third-order valence-electron chi connectivity index (χ3n) is 4.77. The molecule has 0 spiro atoms.